The van der Waals surface area contributed by atoms with Gasteiger partial charge in [-0.1, -0.05) is 0 Å². The first-order valence-electron chi connectivity index (χ1n) is 6.66. The molecule has 0 amide bonds. The Kier molecular flexibility index (Phi) is 4.62. The molecule has 1 atom stereocenters. The highest BCUT2D eigenvalue weighted by atomic mass is 79.9. The molecule has 0 spiro atoms. The zero-order valence-electron chi connectivity index (χ0n) is 12.3. The molecule has 3 N–H and O–H groups in total. The standard InChI is InChI=1S/C13H21BrN6/c1-5-20-13(11(14)7-16-20)12(17-15)6-10-8(2)18-19(4)9(10)3/h7,12,17H,5-6,15H2,1-4H3. The van der Waals surface area contributed by atoms with Crippen LogP contribution in [0.5, 0.6) is 0 Å². The maximum Gasteiger partial charge on any atom is 0.0712 e. The molecule has 0 fully saturated rings. The molecule has 0 aliphatic rings. The summed E-state index contributed by atoms with van der Waals surface area (Å²) < 4.78 is 4.83. The van der Waals surface area contributed by atoms with Crippen LogP contribution in [0.3, 0.4) is 0 Å². The van der Waals surface area contributed by atoms with Crippen molar-refractivity contribution in [2.75, 3.05) is 0 Å². The first-order valence-corrected chi connectivity index (χ1v) is 7.45. The van der Waals surface area contributed by atoms with Crippen LogP contribution in [0.15, 0.2) is 10.7 Å². The predicted molar refractivity (Wildman–Crippen MR) is 82.1 cm³/mol. The quantitative estimate of drug-likeness (QED) is 0.642. The molecular weight excluding hydrogens is 320 g/mol. The zero-order chi connectivity index (χ0) is 14.9. The number of hydrogen-bond acceptors (Lipinski definition) is 4. The van der Waals surface area contributed by atoms with E-state index in [0.29, 0.717) is 0 Å². The van der Waals surface area contributed by atoms with Crippen molar-refractivity contribution < 1.29 is 0 Å². The number of nitrogens with one attached hydrogen (secondary N) is 1. The van der Waals surface area contributed by atoms with Gasteiger partial charge in [-0.3, -0.25) is 20.6 Å². The molecular formula is C13H21BrN6. The van der Waals surface area contributed by atoms with Crippen molar-refractivity contribution in [3.63, 3.8) is 0 Å². The molecule has 110 valence electrons. The van der Waals surface area contributed by atoms with Crippen molar-refractivity contribution in [3.8, 4) is 0 Å². The second-order valence-corrected chi connectivity index (χ2v) is 5.74. The average molecular weight is 341 g/mol. The van der Waals surface area contributed by atoms with Crippen molar-refractivity contribution in [2.24, 2.45) is 12.9 Å². The minimum atomic E-state index is -0.00609. The van der Waals surface area contributed by atoms with Crippen LogP contribution in [-0.2, 0) is 20.0 Å². The van der Waals surface area contributed by atoms with E-state index in [1.807, 2.05) is 29.5 Å². The van der Waals surface area contributed by atoms with Gasteiger partial charge in [-0.25, -0.2) is 0 Å². The van der Waals surface area contributed by atoms with Gasteiger partial charge >= 0.3 is 0 Å². The van der Waals surface area contributed by atoms with Crippen molar-refractivity contribution in [3.05, 3.63) is 33.3 Å². The molecule has 2 aromatic rings. The van der Waals surface area contributed by atoms with Crippen LogP contribution >= 0.6 is 15.9 Å². The number of aromatic nitrogens is 4. The minimum absolute atomic E-state index is 0.00609. The Morgan fingerprint density at radius 2 is 2.15 bits per heavy atom. The average Bonchev–Trinajstić information content (AvgIpc) is 2.90. The summed E-state index contributed by atoms with van der Waals surface area (Å²) in [5, 5.41) is 8.81. The molecule has 2 rings (SSSR count). The van der Waals surface area contributed by atoms with Gasteiger partial charge in [-0.05, 0) is 48.7 Å². The number of halogens is 1. The number of aryl methyl sites for hydroxylation is 3. The lowest BCUT2D eigenvalue weighted by Crippen LogP contribution is -2.32. The fraction of sp³-hybridized carbons (Fsp3) is 0.538. The van der Waals surface area contributed by atoms with Gasteiger partial charge < -0.3 is 0 Å². The molecule has 0 aliphatic heterocycles. The summed E-state index contributed by atoms with van der Waals surface area (Å²) in [4.78, 5) is 0. The van der Waals surface area contributed by atoms with E-state index >= 15 is 0 Å². The highest BCUT2D eigenvalue weighted by Gasteiger charge is 2.22. The second-order valence-electron chi connectivity index (χ2n) is 4.89. The fourth-order valence-corrected chi connectivity index (χ4v) is 3.09. The number of nitrogens with two attached hydrogens (primary N) is 1. The van der Waals surface area contributed by atoms with Gasteiger partial charge in [0.25, 0.3) is 0 Å². The third kappa shape index (κ3) is 2.65. The smallest absolute Gasteiger partial charge is 0.0712 e. The Morgan fingerprint density at radius 1 is 1.45 bits per heavy atom. The second kappa shape index (κ2) is 6.07. The van der Waals surface area contributed by atoms with Crippen LogP contribution in [0.2, 0.25) is 0 Å². The fourth-order valence-electron chi connectivity index (χ4n) is 2.52. The molecule has 20 heavy (non-hydrogen) atoms. The summed E-state index contributed by atoms with van der Waals surface area (Å²) in [5.41, 5.74) is 7.41. The molecule has 7 heteroatoms. The summed E-state index contributed by atoms with van der Waals surface area (Å²) in [7, 11) is 1.96. The molecule has 2 heterocycles. The molecule has 0 radical (unpaired) electrons. The Balaban J connectivity index is 2.36. The predicted octanol–water partition coefficient (Wildman–Crippen LogP) is 1.76. The van der Waals surface area contributed by atoms with E-state index in [1.54, 1.807) is 0 Å². The summed E-state index contributed by atoms with van der Waals surface area (Å²) in [5.74, 6) is 5.77. The van der Waals surface area contributed by atoms with E-state index < -0.39 is 0 Å². The van der Waals surface area contributed by atoms with Crippen LogP contribution in [0.25, 0.3) is 0 Å². The van der Waals surface area contributed by atoms with E-state index in [0.717, 1.165) is 28.8 Å². The number of hydrazine groups is 1. The Morgan fingerprint density at radius 3 is 2.65 bits per heavy atom. The summed E-state index contributed by atoms with van der Waals surface area (Å²) in [6, 6.07) is -0.00609. The van der Waals surface area contributed by atoms with E-state index in [1.165, 1.54) is 11.3 Å². The lowest BCUT2D eigenvalue weighted by molar-refractivity contribution is 0.487. The van der Waals surface area contributed by atoms with Crippen LogP contribution < -0.4 is 11.3 Å². The molecule has 6 nitrogen and oxygen atoms in total. The first-order chi connectivity index (χ1) is 9.49. The monoisotopic (exact) mass is 340 g/mol. The van der Waals surface area contributed by atoms with Gasteiger partial charge in [0.2, 0.25) is 0 Å². The maximum absolute atomic E-state index is 5.77. The Hall–Kier alpha value is -1.18. The zero-order valence-corrected chi connectivity index (χ0v) is 13.9. The highest BCUT2D eigenvalue weighted by Crippen LogP contribution is 2.27. The van der Waals surface area contributed by atoms with E-state index in [-0.39, 0.29) is 6.04 Å². The first kappa shape index (κ1) is 15.2. The lowest BCUT2D eigenvalue weighted by atomic mass is 10.0. The molecule has 2 aromatic heterocycles. The van der Waals surface area contributed by atoms with Gasteiger partial charge in [-0.15, -0.1) is 0 Å². The topological polar surface area (TPSA) is 73.7 Å². The van der Waals surface area contributed by atoms with Crippen molar-refractivity contribution in [2.45, 2.75) is 39.8 Å². The van der Waals surface area contributed by atoms with Crippen molar-refractivity contribution >= 4 is 15.9 Å². The van der Waals surface area contributed by atoms with E-state index in [4.69, 9.17) is 5.84 Å². The van der Waals surface area contributed by atoms with Gasteiger partial charge in [0.1, 0.15) is 0 Å². The number of nitrogens with zero attached hydrogens (tertiary/aromatic N) is 4. The van der Waals surface area contributed by atoms with Crippen LogP contribution in [0.1, 0.15) is 35.6 Å². The third-order valence-electron chi connectivity index (χ3n) is 3.73. The molecule has 1 unspecified atom stereocenters. The van der Waals surface area contributed by atoms with Gasteiger partial charge in [0, 0.05) is 19.3 Å². The van der Waals surface area contributed by atoms with Gasteiger partial charge in [-0.2, -0.15) is 10.2 Å². The molecule has 0 aliphatic carbocycles. The molecule has 0 aromatic carbocycles. The summed E-state index contributed by atoms with van der Waals surface area (Å²) in [6.07, 6.45) is 2.60. The number of hydrogen-bond donors (Lipinski definition) is 2. The van der Waals surface area contributed by atoms with Gasteiger partial charge in [0.15, 0.2) is 0 Å². The minimum Gasteiger partial charge on any atom is -0.272 e. The molecule has 0 bridgehead atoms. The Bertz CT molecular complexity index is 600. The summed E-state index contributed by atoms with van der Waals surface area (Å²) >= 11 is 3.56. The summed E-state index contributed by atoms with van der Waals surface area (Å²) in [6.45, 7) is 6.98. The molecule has 0 saturated heterocycles. The van der Waals surface area contributed by atoms with Crippen LogP contribution in [0.4, 0.5) is 0 Å². The van der Waals surface area contributed by atoms with Crippen molar-refractivity contribution in [1.82, 2.24) is 25.0 Å². The SMILES string of the molecule is CCn1ncc(Br)c1C(Cc1c(C)nn(C)c1C)NN. The van der Waals surface area contributed by atoms with E-state index in [2.05, 4.69) is 45.4 Å². The highest BCUT2D eigenvalue weighted by molar-refractivity contribution is 9.10. The van der Waals surface area contributed by atoms with Crippen molar-refractivity contribution in [1.29, 1.82) is 0 Å². The molecule has 0 saturated carbocycles. The van der Waals surface area contributed by atoms with Crippen LogP contribution in [-0.4, -0.2) is 19.6 Å². The van der Waals surface area contributed by atoms with E-state index in [9.17, 15) is 0 Å². The lowest BCUT2D eigenvalue weighted by Gasteiger charge is -2.18. The van der Waals surface area contributed by atoms with Gasteiger partial charge in [0.05, 0.1) is 28.1 Å². The maximum atomic E-state index is 5.77. The Labute approximate surface area is 127 Å². The normalized spacial score (nSPS) is 12.9. The number of rotatable bonds is 5. The van der Waals surface area contributed by atoms with Crippen LogP contribution in [0, 0.1) is 13.8 Å². The largest absolute Gasteiger partial charge is 0.272 e. The third-order valence-corrected chi connectivity index (χ3v) is 4.34.